The Hall–Kier alpha value is -3.93. The first-order valence-corrected chi connectivity index (χ1v) is 8.89. The van der Waals surface area contributed by atoms with Crippen molar-refractivity contribution < 1.29 is 17.9 Å². The number of pyridine rings is 1. The van der Waals surface area contributed by atoms with Crippen LogP contribution in [0.5, 0.6) is 5.88 Å². The molecule has 12 heteroatoms. The van der Waals surface area contributed by atoms with Gasteiger partial charge < -0.3 is 16.2 Å². The molecule has 0 spiro atoms. The predicted molar refractivity (Wildman–Crippen MR) is 109 cm³/mol. The number of rotatable bonds is 7. The van der Waals surface area contributed by atoms with Crippen molar-refractivity contribution in [1.29, 1.82) is 0 Å². The number of amidine groups is 1. The zero-order chi connectivity index (χ0) is 22.5. The lowest BCUT2D eigenvalue weighted by Crippen LogP contribution is -2.27. The summed E-state index contributed by atoms with van der Waals surface area (Å²) in [6.07, 6.45) is -2.80. The number of alkyl halides is 2. The zero-order valence-corrected chi connectivity index (χ0v) is 16.3. The standard InChI is InChI=1S/C19H19F3N8O/c1-9-6-11(7-13(26-9)17(21)22)15-16(10-2-4-12(20)5-3-10)27-19(24)28-18(15)31-8-14(23)29-30-25/h2-7,17,30H,8,25H2,1H3,(H2,23,29)(H2,24,27,28). The maximum Gasteiger partial charge on any atom is 0.280 e. The van der Waals surface area contributed by atoms with Crippen LogP contribution in [0.15, 0.2) is 41.5 Å². The smallest absolute Gasteiger partial charge is 0.280 e. The van der Waals surface area contributed by atoms with Crippen molar-refractivity contribution in [3.8, 4) is 28.3 Å². The van der Waals surface area contributed by atoms with E-state index in [0.717, 1.165) is 0 Å². The molecule has 0 aliphatic carbocycles. The second-order valence-corrected chi connectivity index (χ2v) is 6.36. The van der Waals surface area contributed by atoms with Gasteiger partial charge in [0.05, 0.1) is 11.3 Å². The average molecular weight is 432 g/mol. The quantitative estimate of drug-likeness (QED) is 0.192. The number of benzene rings is 1. The van der Waals surface area contributed by atoms with Crippen molar-refractivity contribution >= 4 is 11.8 Å². The Morgan fingerprint density at radius 3 is 2.48 bits per heavy atom. The fourth-order valence-corrected chi connectivity index (χ4v) is 2.85. The van der Waals surface area contributed by atoms with E-state index >= 15 is 0 Å². The van der Waals surface area contributed by atoms with Gasteiger partial charge in [0.25, 0.3) is 6.43 Å². The van der Waals surface area contributed by atoms with Gasteiger partial charge in [0.15, 0.2) is 5.84 Å². The zero-order valence-electron chi connectivity index (χ0n) is 16.3. The third-order valence-corrected chi connectivity index (χ3v) is 4.06. The van der Waals surface area contributed by atoms with E-state index in [4.69, 9.17) is 22.0 Å². The van der Waals surface area contributed by atoms with Crippen molar-refractivity contribution in [2.45, 2.75) is 13.3 Å². The Bertz CT molecular complexity index is 1110. The fourth-order valence-electron chi connectivity index (χ4n) is 2.85. The third kappa shape index (κ3) is 5.17. The van der Waals surface area contributed by atoms with Gasteiger partial charge in [-0.15, -0.1) is 5.10 Å². The molecule has 0 amide bonds. The second kappa shape index (κ2) is 9.26. The number of nitrogens with one attached hydrogen (secondary N) is 1. The predicted octanol–water partition coefficient (Wildman–Crippen LogP) is 2.29. The molecule has 0 fully saturated rings. The van der Waals surface area contributed by atoms with Crippen LogP contribution in [0.3, 0.4) is 0 Å². The van der Waals surface area contributed by atoms with Crippen LogP contribution in [0.4, 0.5) is 19.1 Å². The Kier molecular flexibility index (Phi) is 6.50. The number of aryl methyl sites for hydroxylation is 1. The maximum atomic E-state index is 13.4. The Balaban J connectivity index is 2.24. The summed E-state index contributed by atoms with van der Waals surface area (Å²) in [6.45, 7) is 1.34. The molecule has 3 rings (SSSR count). The van der Waals surface area contributed by atoms with E-state index in [1.54, 1.807) is 13.0 Å². The Morgan fingerprint density at radius 1 is 1.13 bits per heavy atom. The molecule has 3 aromatic rings. The highest BCUT2D eigenvalue weighted by molar-refractivity contribution is 5.86. The number of ether oxygens (including phenoxy) is 1. The minimum Gasteiger partial charge on any atom is -0.469 e. The van der Waals surface area contributed by atoms with Crippen molar-refractivity contribution in [3.05, 3.63) is 53.6 Å². The fraction of sp³-hybridized carbons (Fsp3) is 0.158. The van der Waals surface area contributed by atoms with Gasteiger partial charge in [0.2, 0.25) is 11.8 Å². The molecule has 9 nitrogen and oxygen atoms in total. The summed E-state index contributed by atoms with van der Waals surface area (Å²) in [5.41, 5.74) is 14.7. The normalized spacial score (nSPS) is 11.6. The van der Waals surface area contributed by atoms with E-state index < -0.39 is 17.9 Å². The lowest BCUT2D eigenvalue weighted by atomic mass is 9.99. The van der Waals surface area contributed by atoms with Crippen LogP contribution < -0.4 is 27.6 Å². The largest absolute Gasteiger partial charge is 0.469 e. The van der Waals surface area contributed by atoms with Crippen molar-refractivity contribution in [1.82, 2.24) is 20.5 Å². The summed E-state index contributed by atoms with van der Waals surface area (Å²) >= 11 is 0. The molecule has 0 saturated carbocycles. The summed E-state index contributed by atoms with van der Waals surface area (Å²) in [5.74, 6) is 4.44. The molecule has 2 heterocycles. The molecule has 1 aromatic carbocycles. The number of halogens is 3. The molecule has 0 atom stereocenters. The molecular weight excluding hydrogens is 413 g/mol. The number of aromatic nitrogens is 3. The molecule has 0 aliphatic heterocycles. The van der Waals surface area contributed by atoms with Gasteiger partial charge in [-0.2, -0.15) is 4.98 Å². The van der Waals surface area contributed by atoms with Gasteiger partial charge in [-0.25, -0.2) is 29.5 Å². The van der Waals surface area contributed by atoms with Crippen LogP contribution in [0.25, 0.3) is 22.4 Å². The van der Waals surface area contributed by atoms with Gasteiger partial charge in [0.1, 0.15) is 18.1 Å². The van der Waals surface area contributed by atoms with Crippen LogP contribution in [0.1, 0.15) is 17.8 Å². The first kappa shape index (κ1) is 21.8. The maximum absolute atomic E-state index is 13.4. The van der Waals surface area contributed by atoms with Crippen LogP contribution in [0.2, 0.25) is 0 Å². The van der Waals surface area contributed by atoms with E-state index in [1.165, 1.54) is 30.3 Å². The second-order valence-electron chi connectivity index (χ2n) is 6.36. The molecule has 31 heavy (non-hydrogen) atoms. The molecule has 0 saturated heterocycles. The molecule has 2 aromatic heterocycles. The Morgan fingerprint density at radius 2 is 1.84 bits per heavy atom. The number of nitrogens with two attached hydrogens (primary N) is 3. The van der Waals surface area contributed by atoms with E-state index in [9.17, 15) is 13.2 Å². The highest BCUT2D eigenvalue weighted by Crippen LogP contribution is 2.39. The molecule has 0 bridgehead atoms. The first-order chi connectivity index (χ1) is 14.8. The van der Waals surface area contributed by atoms with Crippen LogP contribution >= 0.6 is 0 Å². The molecule has 7 N–H and O–H groups in total. The highest BCUT2D eigenvalue weighted by Gasteiger charge is 2.21. The lowest BCUT2D eigenvalue weighted by molar-refractivity contribution is 0.146. The highest BCUT2D eigenvalue weighted by atomic mass is 19.3. The molecule has 0 aliphatic rings. The van der Waals surface area contributed by atoms with Crippen LogP contribution in [-0.2, 0) is 0 Å². The number of nitrogens with zero attached hydrogens (tertiary/aromatic N) is 4. The number of hydrazine groups is 1. The van der Waals surface area contributed by atoms with Gasteiger partial charge in [-0.3, -0.25) is 4.98 Å². The van der Waals surface area contributed by atoms with Crippen molar-refractivity contribution in [3.63, 3.8) is 0 Å². The summed E-state index contributed by atoms with van der Waals surface area (Å²) in [7, 11) is 0. The first-order valence-electron chi connectivity index (χ1n) is 8.89. The van der Waals surface area contributed by atoms with Gasteiger partial charge in [0, 0.05) is 11.3 Å². The molecule has 0 radical (unpaired) electrons. The minimum absolute atomic E-state index is 0.00635. The SMILES string of the molecule is Cc1cc(-c2c(OC/C(N)=N/NN)nc(N)nc2-c2ccc(F)cc2)cc(C(F)F)n1. The number of nitrogen functional groups attached to an aromatic ring is 1. The van der Waals surface area contributed by atoms with Crippen molar-refractivity contribution in [2.75, 3.05) is 12.3 Å². The lowest BCUT2D eigenvalue weighted by Gasteiger charge is -2.16. The summed E-state index contributed by atoms with van der Waals surface area (Å²) in [4.78, 5) is 12.2. The topological polar surface area (TPSA) is 150 Å². The minimum atomic E-state index is -2.80. The van der Waals surface area contributed by atoms with E-state index in [-0.39, 0.29) is 35.5 Å². The van der Waals surface area contributed by atoms with Gasteiger partial charge >= 0.3 is 0 Å². The number of anilines is 1. The van der Waals surface area contributed by atoms with Crippen molar-refractivity contribution in [2.24, 2.45) is 16.7 Å². The number of hydrazone groups is 1. The summed E-state index contributed by atoms with van der Waals surface area (Å²) in [6, 6.07) is 8.18. The van der Waals surface area contributed by atoms with Gasteiger partial charge in [-0.05, 0) is 48.9 Å². The number of hydrogen-bond acceptors (Lipinski definition) is 8. The van der Waals surface area contributed by atoms with Crippen LogP contribution in [-0.4, -0.2) is 27.4 Å². The van der Waals surface area contributed by atoms with Gasteiger partial charge in [-0.1, -0.05) is 0 Å². The Labute approximate surface area is 175 Å². The van der Waals surface area contributed by atoms with Crippen LogP contribution in [0, 0.1) is 12.7 Å². The monoisotopic (exact) mass is 432 g/mol. The molecule has 0 unspecified atom stereocenters. The molecule has 162 valence electrons. The van der Waals surface area contributed by atoms with E-state index in [1.807, 2.05) is 5.53 Å². The molecular formula is C19H19F3N8O. The third-order valence-electron chi connectivity index (χ3n) is 4.06. The van der Waals surface area contributed by atoms with E-state index in [2.05, 4.69) is 20.1 Å². The number of hydrogen-bond donors (Lipinski definition) is 4. The summed E-state index contributed by atoms with van der Waals surface area (Å²) in [5, 5.41) is 3.58. The average Bonchev–Trinajstić information content (AvgIpc) is 2.72. The summed E-state index contributed by atoms with van der Waals surface area (Å²) < 4.78 is 45.8. The van der Waals surface area contributed by atoms with E-state index in [0.29, 0.717) is 16.8 Å².